The van der Waals surface area contributed by atoms with Crippen LogP contribution in [0.3, 0.4) is 0 Å². The van der Waals surface area contributed by atoms with Gasteiger partial charge in [-0.05, 0) is 58.3 Å². The zero-order valence-corrected chi connectivity index (χ0v) is 10.3. The zero-order valence-electron chi connectivity index (χ0n) is 10.3. The third kappa shape index (κ3) is 2.41. The second-order valence-electron chi connectivity index (χ2n) is 5.74. The summed E-state index contributed by atoms with van der Waals surface area (Å²) in [7, 11) is 0. The molecule has 3 heteroatoms. The molecule has 2 atom stereocenters. The molecule has 16 heavy (non-hydrogen) atoms. The number of hydrogen-bond acceptors (Lipinski definition) is 3. The molecule has 3 heterocycles. The number of nitrogens with zero attached hydrogens (tertiary/aromatic N) is 2. The van der Waals surface area contributed by atoms with Gasteiger partial charge in [0.15, 0.2) is 0 Å². The second kappa shape index (κ2) is 5.03. The highest BCUT2D eigenvalue weighted by atomic mass is 15.3. The Hall–Kier alpha value is -0.120. The van der Waals surface area contributed by atoms with Crippen molar-refractivity contribution < 1.29 is 0 Å². The molecule has 0 aliphatic carbocycles. The lowest BCUT2D eigenvalue weighted by atomic mass is 10.2. The van der Waals surface area contributed by atoms with Crippen molar-refractivity contribution in [1.29, 1.82) is 0 Å². The first-order chi connectivity index (χ1) is 7.92. The average Bonchev–Trinajstić information content (AvgIpc) is 2.88. The molecule has 0 bridgehead atoms. The van der Waals surface area contributed by atoms with Crippen LogP contribution in [0.15, 0.2) is 0 Å². The molecule has 3 saturated heterocycles. The van der Waals surface area contributed by atoms with E-state index < -0.39 is 0 Å². The fourth-order valence-electron chi connectivity index (χ4n) is 3.67. The maximum atomic E-state index is 3.63. The molecular formula is C13H25N3. The summed E-state index contributed by atoms with van der Waals surface area (Å²) in [5.74, 6) is 0. The normalized spacial score (nSPS) is 37.5. The molecule has 1 N–H and O–H groups in total. The Morgan fingerprint density at radius 3 is 2.81 bits per heavy atom. The van der Waals surface area contributed by atoms with Crippen LogP contribution in [0.1, 0.15) is 32.1 Å². The van der Waals surface area contributed by atoms with E-state index in [9.17, 15) is 0 Å². The first-order valence-electron chi connectivity index (χ1n) is 7.11. The minimum atomic E-state index is 0.785. The molecule has 0 saturated carbocycles. The molecule has 3 rings (SSSR count). The minimum Gasteiger partial charge on any atom is -0.313 e. The molecule has 3 aliphatic rings. The second-order valence-corrected chi connectivity index (χ2v) is 5.74. The Morgan fingerprint density at radius 2 is 1.94 bits per heavy atom. The molecule has 0 radical (unpaired) electrons. The van der Waals surface area contributed by atoms with Crippen LogP contribution in [0.2, 0.25) is 0 Å². The molecule has 1 unspecified atom stereocenters. The largest absolute Gasteiger partial charge is 0.313 e. The van der Waals surface area contributed by atoms with Crippen LogP contribution >= 0.6 is 0 Å². The van der Waals surface area contributed by atoms with E-state index in [1.807, 2.05) is 0 Å². The van der Waals surface area contributed by atoms with E-state index >= 15 is 0 Å². The summed E-state index contributed by atoms with van der Waals surface area (Å²) in [5.41, 5.74) is 0. The van der Waals surface area contributed by atoms with Gasteiger partial charge in [0.05, 0.1) is 0 Å². The maximum absolute atomic E-state index is 3.63. The molecule has 0 spiro atoms. The van der Waals surface area contributed by atoms with Crippen molar-refractivity contribution in [3.63, 3.8) is 0 Å². The highest BCUT2D eigenvalue weighted by Gasteiger charge is 2.29. The van der Waals surface area contributed by atoms with E-state index in [1.54, 1.807) is 0 Å². The summed E-state index contributed by atoms with van der Waals surface area (Å²) >= 11 is 0. The van der Waals surface area contributed by atoms with Crippen molar-refractivity contribution >= 4 is 0 Å². The molecule has 92 valence electrons. The van der Waals surface area contributed by atoms with Crippen LogP contribution in [0.5, 0.6) is 0 Å². The Bertz CT molecular complexity index is 225. The van der Waals surface area contributed by atoms with Gasteiger partial charge in [-0.3, -0.25) is 4.90 Å². The monoisotopic (exact) mass is 223 g/mol. The predicted octanol–water partition coefficient (Wildman–Crippen LogP) is 0.909. The third-order valence-corrected chi connectivity index (χ3v) is 4.53. The van der Waals surface area contributed by atoms with Gasteiger partial charge in [-0.25, -0.2) is 0 Å². The van der Waals surface area contributed by atoms with Gasteiger partial charge in [0.2, 0.25) is 0 Å². The summed E-state index contributed by atoms with van der Waals surface area (Å²) in [6, 6.07) is 1.66. The van der Waals surface area contributed by atoms with Crippen LogP contribution in [-0.4, -0.2) is 61.2 Å². The topological polar surface area (TPSA) is 18.5 Å². The van der Waals surface area contributed by atoms with Crippen molar-refractivity contribution in [1.82, 2.24) is 15.1 Å². The minimum absolute atomic E-state index is 0.785. The number of fused-ring (bicyclic) bond motifs is 1. The Kier molecular flexibility index (Phi) is 3.46. The summed E-state index contributed by atoms with van der Waals surface area (Å²) < 4.78 is 0. The van der Waals surface area contributed by atoms with Crippen molar-refractivity contribution in [2.24, 2.45) is 0 Å². The van der Waals surface area contributed by atoms with Gasteiger partial charge in [-0.2, -0.15) is 0 Å². The van der Waals surface area contributed by atoms with Gasteiger partial charge < -0.3 is 10.2 Å². The van der Waals surface area contributed by atoms with Gasteiger partial charge in [-0.15, -0.1) is 0 Å². The van der Waals surface area contributed by atoms with Crippen LogP contribution < -0.4 is 5.32 Å². The first kappa shape index (κ1) is 11.0. The molecule has 0 aromatic heterocycles. The lowest BCUT2D eigenvalue weighted by Crippen LogP contribution is -2.42. The predicted molar refractivity (Wildman–Crippen MR) is 66.7 cm³/mol. The van der Waals surface area contributed by atoms with E-state index in [2.05, 4.69) is 15.1 Å². The van der Waals surface area contributed by atoms with E-state index in [0.29, 0.717) is 0 Å². The van der Waals surface area contributed by atoms with E-state index in [1.165, 1.54) is 71.4 Å². The quantitative estimate of drug-likeness (QED) is 0.751. The molecule has 0 aromatic carbocycles. The van der Waals surface area contributed by atoms with E-state index in [-0.39, 0.29) is 0 Å². The van der Waals surface area contributed by atoms with Crippen LogP contribution in [0.4, 0.5) is 0 Å². The summed E-state index contributed by atoms with van der Waals surface area (Å²) in [5, 5.41) is 3.63. The molecule has 3 nitrogen and oxygen atoms in total. The van der Waals surface area contributed by atoms with Gasteiger partial charge in [-0.1, -0.05) is 0 Å². The summed E-state index contributed by atoms with van der Waals surface area (Å²) in [4.78, 5) is 5.45. The van der Waals surface area contributed by atoms with Crippen molar-refractivity contribution in [3.05, 3.63) is 0 Å². The fraction of sp³-hybridized carbons (Fsp3) is 1.00. The number of rotatable bonds is 2. The third-order valence-electron chi connectivity index (χ3n) is 4.53. The average molecular weight is 223 g/mol. The maximum Gasteiger partial charge on any atom is 0.0223 e. The first-order valence-corrected chi connectivity index (χ1v) is 7.11. The number of hydrogen-bond donors (Lipinski definition) is 1. The number of nitrogens with one attached hydrogen (secondary N) is 1. The van der Waals surface area contributed by atoms with Crippen LogP contribution in [-0.2, 0) is 0 Å². The SMILES string of the molecule is C1CN[C@H](CN2CCCN3CCCC3C2)C1. The highest BCUT2D eigenvalue weighted by molar-refractivity contribution is 4.87. The standard InChI is InChI=1S/C13H25N3/c1-4-12(14-6-1)10-15-7-3-9-16-8-2-5-13(16)11-15/h12-14H,1-11H2/t12-,13?/m0/s1. The molecule has 0 aromatic rings. The van der Waals surface area contributed by atoms with Gasteiger partial charge in [0, 0.05) is 25.2 Å². The molecule has 3 fully saturated rings. The fourth-order valence-corrected chi connectivity index (χ4v) is 3.67. The van der Waals surface area contributed by atoms with Crippen molar-refractivity contribution in [2.75, 3.05) is 39.3 Å². The molecular weight excluding hydrogens is 198 g/mol. The zero-order chi connectivity index (χ0) is 10.8. The van der Waals surface area contributed by atoms with Gasteiger partial charge in [0.1, 0.15) is 0 Å². The van der Waals surface area contributed by atoms with Gasteiger partial charge in [0.25, 0.3) is 0 Å². The van der Waals surface area contributed by atoms with Gasteiger partial charge >= 0.3 is 0 Å². The molecule has 3 aliphatic heterocycles. The Labute approximate surface area is 99.2 Å². The molecule has 0 amide bonds. The lowest BCUT2D eigenvalue weighted by molar-refractivity contribution is 0.209. The van der Waals surface area contributed by atoms with E-state index in [0.717, 1.165) is 12.1 Å². The summed E-state index contributed by atoms with van der Waals surface area (Å²) in [6.07, 6.45) is 7.02. The van der Waals surface area contributed by atoms with Crippen LogP contribution in [0.25, 0.3) is 0 Å². The van der Waals surface area contributed by atoms with Crippen LogP contribution in [0, 0.1) is 0 Å². The van der Waals surface area contributed by atoms with E-state index in [4.69, 9.17) is 0 Å². The summed E-state index contributed by atoms with van der Waals surface area (Å²) in [6.45, 7) is 7.90. The Morgan fingerprint density at radius 1 is 1.00 bits per heavy atom. The smallest absolute Gasteiger partial charge is 0.0223 e. The highest BCUT2D eigenvalue weighted by Crippen LogP contribution is 2.21. The lowest BCUT2D eigenvalue weighted by Gasteiger charge is -2.27. The Balaban J connectivity index is 1.54. The van der Waals surface area contributed by atoms with Crippen molar-refractivity contribution in [3.8, 4) is 0 Å². The van der Waals surface area contributed by atoms with Crippen molar-refractivity contribution in [2.45, 2.75) is 44.2 Å².